The van der Waals surface area contributed by atoms with Gasteiger partial charge in [0.1, 0.15) is 0 Å². The first-order valence-corrected chi connectivity index (χ1v) is 19.3. The van der Waals surface area contributed by atoms with Crippen LogP contribution in [0.2, 0.25) is 0 Å². The number of nitrogens with zero attached hydrogens (tertiary/aromatic N) is 1. The van der Waals surface area contributed by atoms with Gasteiger partial charge in [0.15, 0.2) is 0 Å². The summed E-state index contributed by atoms with van der Waals surface area (Å²) in [5, 5.41) is 6.41. The number of hydrogen-bond donors (Lipinski definition) is 0. The fourth-order valence-electron chi connectivity index (χ4n) is 6.14. The van der Waals surface area contributed by atoms with Gasteiger partial charge in [-0.15, -0.1) is 0 Å². The average Bonchev–Trinajstić information content (AvgIpc) is 3.29. The van der Waals surface area contributed by atoms with Crippen LogP contribution in [0.1, 0.15) is 41.5 Å². The maximum absolute atomic E-state index is 4.46. The largest absolute Gasteiger partial charge is 0.256 e. The Bertz CT molecular complexity index is 2090. The molecule has 0 aliphatic heterocycles. The van der Waals surface area contributed by atoms with Crippen LogP contribution in [-0.2, 0) is 0 Å². The lowest BCUT2D eigenvalue weighted by atomic mass is 9.98. The molecule has 0 bridgehead atoms. The molecule has 1 aromatic heterocycles. The summed E-state index contributed by atoms with van der Waals surface area (Å²) in [5.74, 6) is 0. The minimum absolute atomic E-state index is 1.07. The number of aromatic nitrogens is 1. The highest BCUT2D eigenvalue weighted by Crippen LogP contribution is 2.30. The zero-order chi connectivity index (χ0) is 38.4. The Morgan fingerprint density at radius 2 is 0.574 bits per heavy atom. The first-order valence-electron chi connectivity index (χ1n) is 19.3. The molecule has 1 heteroatoms. The second kappa shape index (κ2) is 22.6. The topological polar surface area (TPSA) is 12.9 Å². The van der Waals surface area contributed by atoms with Crippen molar-refractivity contribution in [2.45, 2.75) is 41.5 Å². The zero-order valence-corrected chi connectivity index (χ0v) is 32.7. The number of para-hydroxylation sites is 1. The van der Waals surface area contributed by atoms with Crippen LogP contribution in [0.4, 0.5) is 0 Å². The Morgan fingerprint density at radius 3 is 1.02 bits per heavy atom. The van der Waals surface area contributed by atoms with Crippen molar-refractivity contribution in [3.63, 3.8) is 0 Å². The molecule has 0 atom stereocenters. The fraction of sp³-hybridized carbons (Fsp3) is 0.113. The molecule has 0 fully saturated rings. The number of pyridine rings is 1. The summed E-state index contributed by atoms with van der Waals surface area (Å²) in [4.78, 5) is 4.46. The average molecular weight is 704 g/mol. The minimum Gasteiger partial charge on any atom is -0.256 e. The van der Waals surface area contributed by atoms with E-state index < -0.39 is 0 Å². The van der Waals surface area contributed by atoms with E-state index in [-0.39, 0.29) is 0 Å². The quantitative estimate of drug-likeness (QED) is 0.178. The Kier molecular flexibility index (Phi) is 16.9. The predicted molar refractivity (Wildman–Crippen MR) is 240 cm³/mol. The Labute approximate surface area is 323 Å². The number of fused-ring (bicyclic) bond motifs is 3. The van der Waals surface area contributed by atoms with Crippen molar-refractivity contribution in [2.24, 2.45) is 0 Å². The van der Waals surface area contributed by atoms with Crippen LogP contribution >= 0.6 is 0 Å². The summed E-state index contributed by atoms with van der Waals surface area (Å²) in [6, 6.07) is 71.7. The third-order valence-corrected chi connectivity index (χ3v) is 8.47. The van der Waals surface area contributed by atoms with E-state index in [4.69, 9.17) is 0 Å². The highest BCUT2D eigenvalue weighted by Gasteiger charge is 2.04. The lowest BCUT2D eigenvalue weighted by Crippen LogP contribution is -1.83. The standard InChI is InChI=1S/2C16H12.C15H11N.3C2H6/c2*1-2-7-13(8-3-1)16-12-6-10-14-9-4-5-11-15(14)16;1-2-6-12(7-3-1)14-10-4-8-13-9-5-11-16-15(13)14;3*1-2/h2*1-12H;1-11H;3*1-2H3. The lowest BCUT2D eigenvalue weighted by molar-refractivity contribution is 1.41. The van der Waals surface area contributed by atoms with Crippen molar-refractivity contribution in [3.05, 3.63) is 212 Å². The van der Waals surface area contributed by atoms with E-state index in [0.29, 0.717) is 0 Å². The fourth-order valence-corrected chi connectivity index (χ4v) is 6.14. The van der Waals surface area contributed by atoms with E-state index in [1.807, 2.05) is 59.9 Å². The molecule has 0 saturated heterocycles. The molecular formula is C53H53N. The summed E-state index contributed by atoms with van der Waals surface area (Å²) >= 11 is 0. The molecule has 0 saturated carbocycles. The van der Waals surface area contributed by atoms with Gasteiger partial charge in [-0.2, -0.15) is 0 Å². The molecule has 9 aromatic rings. The second-order valence-corrected chi connectivity index (χ2v) is 11.5. The Hall–Kier alpha value is -6.31. The third kappa shape index (κ3) is 10.6. The highest BCUT2D eigenvalue weighted by molar-refractivity contribution is 5.97. The maximum atomic E-state index is 4.46. The van der Waals surface area contributed by atoms with Crippen LogP contribution in [0, 0.1) is 0 Å². The normalized spacial score (nSPS) is 9.67. The van der Waals surface area contributed by atoms with Crippen LogP contribution in [0.25, 0.3) is 65.8 Å². The van der Waals surface area contributed by atoms with Crippen molar-refractivity contribution < 1.29 is 0 Å². The smallest absolute Gasteiger partial charge is 0.0780 e. The summed E-state index contributed by atoms with van der Waals surface area (Å²) in [7, 11) is 0. The molecular weight excluding hydrogens is 651 g/mol. The summed E-state index contributed by atoms with van der Waals surface area (Å²) in [6.07, 6.45) is 1.84. The monoisotopic (exact) mass is 703 g/mol. The summed E-state index contributed by atoms with van der Waals surface area (Å²) in [6.45, 7) is 12.0. The Morgan fingerprint density at radius 1 is 0.259 bits per heavy atom. The molecule has 0 spiro atoms. The highest BCUT2D eigenvalue weighted by atomic mass is 14.6. The van der Waals surface area contributed by atoms with Gasteiger partial charge in [-0.25, -0.2) is 0 Å². The van der Waals surface area contributed by atoms with Crippen LogP contribution in [0.15, 0.2) is 212 Å². The molecule has 1 heterocycles. The van der Waals surface area contributed by atoms with Crippen molar-refractivity contribution in [1.29, 1.82) is 0 Å². The van der Waals surface area contributed by atoms with Gasteiger partial charge in [0.2, 0.25) is 0 Å². The first-order chi connectivity index (χ1) is 26.8. The van der Waals surface area contributed by atoms with Crippen LogP contribution < -0.4 is 0 Å². The molecule has 270 valence electrons. The zero-order valence-electron chi connectivity index (χ0n) is 32.7. The first kappa shape index (κ1) is 40.5. The second-order valence-electron chi connectivity index (χ2n) is 11.5. The SMILES string of the molecule is CC.CC.CC.c1ccc(-c2cccc3ccccc23)cc1.c1ccc(-c2cccc3ccccc23)cc1.c1ccc(-c2cccc3cccnc23)cc1. The molecule has 8 aromatic carbocycles. The van der Waals surface area contributed by atoms with Gasteiger partial charge in [0.25, 0.3) is 0 Å². The molecule has 9 rings (SSSR count). The molecule has 0 amide bonds. The molecule has 0 unspecified atom stereocenters. The maximum Gasteiger partial charge on any atom is 0.0780 e. The van der Waals surface area contributed by atoms with Crippen LogP contribution in [0.3, 0.4) is 0 Å². The van der Waals surface area contributed by atoms with Crippen molar-refractivity contribution in [2.75, 3.05) is 0 Å². The lowest BCUT2D eigenvalue weighted by Gasteiger charge is -2.06. The van der Waals surface area contributed by atoms with Crippen LogP contribution in [0.5, 0.6) is 0 Å². The predicted octanol–water partition coefficient (Wildman–Crippen LogP) is 16.0. The van der Waals surface area contributed by atoms with Gasteiger partial charge in [-0.05, 0) is 55.4 Å². The molecule has 0 aliphatic rings. The number of hydrogen-bond acceptors (Lipinski definition) is 1. The number of benzene rings is 8. The number of rotatable bonds is 3. The van der Waals surface area contributed by atoms with E-state index in [2.05, 4.69) is 199 Å². The van der Waals surface area contributed by atoms with E-state index in [1.54, 1.807) is 0 Å². The van der Waals surface area contributed by atoms with Crippen LogP contribution in [-0.4, -0.2) is 4.98 Å². The van der Waals surface area contributed by atoms with Gasteiger partial charge < -0.3 is 0 Å². The molecule has 0 N–H and O–H groups in total. The Balaban J connectivity index is 0.000000169. The van der Waals surface area contributed by atoms with E-state index in [9.17, 15) is 0 Å². The molecule has 0 radical (unpaired) electrons. The summed E-state index contributed by atoms with van der Waals surface area (Å²) in [5.41, 5.74) is 8.64. The van der Waals surface area contributed by atoms with Crippen molar-refractivity contribution >= 4 is 32.4 Å². The van der Waals surface area contributed by atoms with Crippen molar-refractivity contribution in [1.82, 2.24) is 4.98 Å². The van der Waals surface area contributed by atoms with Gasteiger partial charge in [-0.3, -0.25) is 4.98 Å². The van der Waals surface area contributed by atoms with Gasteiger partial charge in [-0.1, -0.05) is 242 Å². The third-order valence-electron chi connectivity index (χ3n) is 8.47. The minimum atomic E-state index is 1.07. The van der Waals surface area contributed by atoms with E-state index in [1.165, 1.54) is 60.3 Å². The van der Waals surface area contributed by atoms with E-state index >= 15 is 0 Å². The van der Waals surface area contributed by atoms with Crippen molar-refractivity contribution in [3.8, 4) is 33.4 Å². The van der Waals surface area contributed by atoms with Gasteiger partial charge >= 0.3 is 0 Å². The van der Waals surface area contributed by atoms with Gasteiger partial charge in [0, 0.05) is 17.1 Å². The van der Waals surface area contributed by atoms with E-state index in [0.717, 1.165) is 5.52 Å². The van der Waals surface area contributed by atoms with Gasteiger partial charge in [0.05, 0.1) is 5.52 Å². The molecule has 54 heavy (non-hydrogen) atoms. The summed E-state index contributed by atoms with van der Waals surface area (Å²) < 4.78 is 0. The molecule has 0 aliphatic carbocycles. The molecule has 1 nitrogen and oxygen atoms in total.